The highest BCUT2D eigenvalue weighted by Crippen LogP contribution is 2.30. The average molecular weight is 430 g/mol. The molecule has 164 valence electrons. The molecule has 3 aromatic heterocycles. The van der Waals surface area contributed by atoms with Crippen LogP contribution in [0.4, 0.5) is 0 Å². The number of likely N-dealkylation sites (tertiary alicyclic amines) is 1. The van der Waals surface area contributed by atoms with Crippen molar-refractivity contribution >= 4 is 16.8 Å². The maximum atomic E-state index is 13.3. The lowest BCUT2D eigenvalue weighted by Crippen LogP contribution is -2.40. The molecule has 0 saturated carbocycles. The van der Waals surface area contributed by atoms with Gasteiger partial charge in [-0.25, -0.2) is 0 Å². The number of amides is 1. The van der Waals surface area contributed by atoms with Gasteiger partial charge in [0.05, 0.1) is 12.3 Å². The Morgan fingerprint density at radius 1 is 1.25 bits per heavy atom. The van der Waals surface area contributed by atoms with Crippen molar-refractivity contribution in [2.75, 3.05) is 13.1 Å². The molecule has 4 heterocycles. The zero-order valence-electron chi connectivity index (χ0n) is 18.7. The van der Waals surface area contributed by atoms with E-state index >= 15 is 0 Å². The number of rotatable bonds is 4. The van der Waals surface area contributed by atoms with E-state index in [9.17, 15) is 4.79 Å². The number of aromatic amines is 1. The highest BCUT2D eigenvalue weighted by molar-refractivity contribution is 5.92. The fourth-order valence-corrected chi connectivity index (χ4v) is 4.60. The van der Waals surface area contributed by atoms with Gasteiger partial charge in [0.1, 0.15) is 0 Å². The van der Waals surface area contributed by atoms with E-state index in [1.54, 1.807) is 12.4 Å². The second kappa shape index (κ2) is 8.22. The summed E-state index contributed by atoms with van der Waals surface area (Å²) < 4.78 is 5.56. The fourth-order valence-electron chi connectivity index (χ4n) is 4.60. The van der Waals surface area contributed by atoms with Crippen molar-refractivity contribution in [1.29, 1.82) is 0 Å². The van der Waals surface area contributed by atoms with E-state index in [0.29, 0.717) is 24.7 Å². The molecule has 1 amide bonds. The van der Waals surface area contributed by atoms with Gasteiger partial charge in [-0.05, 0) is 62.4 Å². The normalized spacial score (nSPS) is 16.6. The summed E-state index contributed by atoms with van der Waals surface area (Å²) in [5.74, 6) is 1.33. The predicted molar refractivity (Wildman–Crippen MR) is 122 cm³/mol. The lowest BCUT2D eigenvalue weighted by Gasteiger charge is -2.31. The lowest BCUT2D eigenvalue weighted by molar-refractivity contribution is -0.131. The molecule has 4 aromatic rings. The topological polar surface area (TPSA) is 87.9 Å². The van der Waals surface area contributed by atoms with E-state index in [0.717, 1.165) is 47.1 Å². The molecule has 5 rings (SSSR count). The number of carbonyl (C=O) groups is 1. The third-order valence-electron chi connectivity index (χ3n) is 6.64. The zero-order chi connectivity index (χ0) is 22.2. The van der Waals surface area contributed by atoms with Gasteiger partial charge in [0.25, 0.3) is 0 Å². The average Bonchev–Trinajstić information content (AvgIpc) is 3.43. The summed E-state index contributed by atoms with van der Waals surface area (Å²) in [6.07, 6.45) is 5.69. The molecular formula is C25H27N5O2. The van der Waals surface area contributed by atoms with Gasteiger partial charge in [0.2, 0.25) is 17.6 Å². The number of benzene rings is 1. The minimum absolute atomic E-state index is 0.0552. The van der Waals surface area contributed by atoms with Crippen molar-refractivity contribution in [3.63, 3.8) is 0 Å². The second-order valence-electron chi connectivity index (χ2n) is 8.71. The number of hydrogen-bond acceptors (Lipinski definition) is 5. The molecular weight excluding hydrogens is 402 g/mol. The molecule has 1 saturated heterocycles. The largest absolute Gasteiger partial charge is 0.358 e. The summed E-state index contributed by atoms with van der Waals surface area (Å²) in [5, 5.41) is 5.26. The van der Waals surface area contributed by atoms with Gasteiger partial charge in [-0.3, -0.25) is 9.78 Å². The molecule has 1 fully saturated rings. The minimum Gasteiger partial charge on any atom is -0.358 e. The van der Waals surface area contributed by atoms with Crippen LogP contribution in [-0.4, -0.2) is 44.0 Å². The summed E-state index contributed by atoms with van der Waals surface area (Å²) in [5.41, 5.74) is 6.60. The Bertz CT molecular complexity index is 1270. The summed E-state index contributed by atoms with van der Waals surface area (Å²) in [6, 6.07) is 8.01. The van der Waals surface area contributed by atoms with Crippen molar-refractivity contribution in [2.24, 2.45) is 0 Å². The van der Waals surface area contributed by atoms with E-state index in [4.69, 9.17) is 4.52 Å². The Kier molecular flexibility index (Phi) is 5.25. The van der Waals surface area contributed by atoms with Gasteiger partial charge in [0.15, 0.2) is 0 Å². The molecule has 0 radical (unpaired) electrons. The monoisotopic (exact) mass is 429 g/mol. The van der Waals surface area contributed by atoms with Crippen LogP contribution < -0.4 is 0 Å². The molecule has 1 unspecified atom stereocenters. The number of hydrogen-bond donors (Lipinski definition) is 1. The van der Waals surface area contributed by atoms with E-state index in [1.807, 2.05) is 17.0 Å². The Hall–Kier alpha value is -3.48. The highest BCUT2D eigenvalue weighted by atomic mass is 16.5. The number of carbonyl (C=O) groups excluding carboxylic acids is 1. The fraction of sp³-hybridized carbons (Fsp3) is 0.360. The summed E-state index contributed by atoms with van der Waals surface area (Å²) >= 11 is 0. The van der Waals surface area contributed by atoms with Crippen molar-refractivity contribution in [1.82, 2.24) is 25.0 Å². The zero-order valence-corrected chi connectivity index (χ0v) is 18.7. The summed E-state index contributed by atoms with van der Waals surface area (Å²) in [6.45, 7) is 7.65. The van der Waals surface area contributed by atoms with Gasteiger partial charge >= 0.3 is 0 Å². The number of pyridine rings is 1. The lowest BCUT2D eigenvalue weighted by atomic mass is 9.96. The Morgan fingerprint density at radius 2 is 2.12 bits per heavy atom. The molecule has 1 N–H and O–H groups in total. The van der Waals surface area contributed by atoms with E-state index < -0.39 is 0 Å². The highest BCUT2D eigenvalue weighted by Gasteiger charge is 2.29. The van der Waals surface area contributed by atoms with E-state index in [2.05, 4.69) is 53.0 Å². The van der Waals surface area contributed by atoms with Gasteiger partial charge in [-0.1, -0.05) is 17.3 Å². The second-order valence-corrected chi connectivity index (χ2v) is 8.71. The molecule has 1 aromatic carbocycles. The quantitative estimate of drug-likeness (QED) is 0.516. The minimum atomic E-state index is 0.0552. The van der Waals surface area contributed by atoms with Gasteiger partial charge < -0.3 is 14.4 Å². The van der Waals surface area contributed by atoms with Crippen molar-refractivity contribution in [3.8, 4) is 11.4 Å². The molecule has 7 heteroatoms. The SMILES string of the molecule is Cc1ccc2c(CC(=O)N3CCCC(c4nc(-c5cccnc5)no4)C3)c(C)[nH]c2c1C. The summed E-state index contributed by atoms with van der Waals surface area (Å²) in [7, 11) is 0. The molecule has 0 bridgehead atoms. The Balaban J connectivity index is 1.33. The first-order chi connectivity index (χ1) is 15.5. The Morgan fingerprint density at radius 3 is 2.94 bits per heavy atom. The number of piperidine rings is 1. The first-order valence-electron chi connectivity index (χ1n) is 11.1. The van der Waals surface area contributed by atoms with Crippen LogP contribution in [0.5, 0.6) is 0 Å². The van der Waals surface area contributed by atoms with E-state index in [-0.39, 0.29) is 11.8 Å². The van der Waals surface area contributed by atoms with Crippen LogP contribution in [0, 0.1) is 20.8 Å². The molecule has 1 aliphatic rings. The standard InChI is InChI=1S/C25H27N5O2/c1-15-8-9-20-21(17(3)27-23(20)16(15)2)12-22(31)30-11-5-7-19(14-30)25-28-24(29-32-25)18-6-4-10-26-13-18/h4,6,8-10,13,19,27H,5,7,11-12,14H2,1-3H3. The predicted octanol–water partition coefficient (Wildman–Crippen LogP) is 4.49. The van der Waals surface area contributed by atoms with Gasteiger partial charge in [0, 0.05) is 47.6 Å². The molecule has 0 spiro atoms. The van der Waals surface area contributed by atoms with Crippen molar-refractivity contribution in [3.05, 3.63) is 64.9 Å². The van der Waals surface area contributed by atoms with E-state index in [1.165, 1.54) is 11.1 Å². The van der Waals surface area contributed by atoms with Crippen LogP contribution >= 0.6 is 0 Å². The van der Waals surface area contributed by atoms with Crippen LogP contribution in [-0.2, 0) is 11.2 Å². The van der Waals surface area contributed by atoms with Crippen molar-refractivity contribution < 1.29 is 9.32 Å². The van der Waals surface area contributed by atoms with Crippen LogP contribution in [0.15, 0.2) is 41.2 Å². The number of nitrogens with one attached hydrogen (secondary N) is 1. The van der Waals surface area contributed by atoms with Gasteiger partial charge in [-0.15, -0.1) is 0 Å². The molecule has 0 aliphatic carbocycles. The number of aryl methyl sites for hydroxylation is 3. The Labute approximate surface area is 186 Å². The van der Waals surface area contributed by atoms with Gasteiger partial charge in [-0.2, -0.15) is 4.98 Å². The smallest absolute Gasteiger partial charge is 0.231 e. The third-order valence-corrected chi connectivity index (χ3v) is 6.64. The number of H-pyrrole nitrogens is 1. The number of aromatic nitrogens is 4. The van der Waals surface area contributed by atoms with Crippen LogP contribution in [0.25, 0.3) is 22.3 Å². The maximum Gasteiger partial charge on any atom is 0.231 e. The summed E-state index contributed by atoms with van der Waals surface area (Å²) in [4.78, 5) is 27.4. The molecule has 32 heavy (non-hydrogen) atoms. The first-order valence-corrected chi connectivity index (χ1v) is 11.1. The van der Waals surface area contributed by atoms with Crippen molar-refractivity contribution in [2.45, 2.75) is 46.0 Å². The van der Waals surface area contributed by atoms with Crippen LogP contribution in [0.2, 0.25) is 0 Å². The number of nitrogens with zero attached hydrogens (tertiary/aromatic N) is 4. The molecule has 7 nitrogen and oxygen atoms in total. The van der Waals surface area contributed by atoms with Crippen LogP contribution in [0.3, 0.4) is 0 Å². The third kappa shape index (κ3) is 3.68. The molecule has 1 atom stereocenters. The maximum absolute atomic E-state index is 13.3. The first kappa shape index (κ1) is 20.4. The molecule has 1 aliphatic heterocycles. The number of fused-ring (bicyclic) bond motifs is 1. The van der Waals surface area contributed by atoms with Crippen LogP contribution in [0.1, 0.15) is 47.0 Å².